The lowest BCUT2D eigenvalue weighted by Crippen LogP contribution is -2.14. The Labute approximate surface area is 728 Å². The lowest BCUT2D eigenvalue weighted by atomic mass is 9.90. The van der Waals surface area contributed by atoms with Gasteiger partial charge in [0.2, 0.25) is 46.3 Å². The first-order valence-electron chi connectivity index (χ1n) is 30.0. The van der Waals surface area contributed by atoms with Crippen molar-refractivity contribution in [1.82, 2.24) is 0 Å². The standard InChI is InChI=1S/2C20H12.4C6Cl4O2.2C6H4S4/c2*1-5-13-6-2-11-17-18-12-4-8-14-7-3-10-16(20(14)18)15(9-1)19(13)17;4*7-1-2(8)6(12)4(10)3(9)5(1)11;2*1-2-8-5(7-1)6-9-3-4-10-6/h2*1-12H;;;;;2*1-4H. The second-order valence-corrected chi connectivity index (χ2v) is 36.1. The molecule has 0 amide bonds. The smallest absolute Gasteiger partial charge is 0.219 e. The number of Topliss-reactive ketones (excluding diaryl/α,β-unsaturated/α-hetero) is 8. The number of halogens is 16. The summed E-state index contributed by atoms with van der Waals surface area (Å²) in [6.07, 6.45) is 0. The van der Waals surface area contributed by atoms with Crippen LogP contribution in [0.5, 0.6) is 0 Å². The summed E-state index contributed by atoms with van der Waals surface area (Å²) in [5.41, 5.74) is 0. The van der Waals surface area contributed by atoms with Crippen LogP contribution in [0.2, 0.25) is 0 Å². The molecule has 0 bridgehead atoms. The Kier molecular flexibility index (Phi) is 29.8. The number of thioether (sulfide) groups is 8. The second-order valence-electron chi connectivity index (χ2n) is 21.7. The molecule has 0 spiro atoms. The molecule has 10 aromatic rings. The molecule has 4 aliphatic heterocycles. The maximum absolute atomic E-state index is 11.0. The van der Waals surface area contributed by atoms with E-state index in [2.05, 4.69) is 189 Å². The molecule has 8 nitrogen and oxygen atoms in total. The monoisotopic (exact) mass is 1890 g/mol. The second kappa shape index (κ2) is 37.9. The zero-order valence-electron chi connectivity index (χ0n) is 53.1. The summed E-state index contributed by atoms with van der Waals surface area (Å²) in [5, 5.41) is 32.5. The van der Waals surface area contributed by atoms with Crippen LogP contribution < -0.4 is 0 Å². The number of hydrogen-bond acceptors (Lipinski definition) is 16. The van der Waals surface area contributed by atoms with E-state index in [4.69, 9.17) is 186 Å². The van der Waals surface area contributed by atoms with E-state index in [-0.39, 0.29) is 0 Å². The average molecular weight is 1900 g/mol. The van der Waals surface area contributed by atoms with E-state index >= 15 is 0 Å². The van der Waals surface area contributed by atoms with Crippen molar-refractivity contribution in [2.24, 2.45) is 0 Å². The fraction of sp³-hybridized carbons (Fsp3) is 0. The van der Waals surface area contributed by atoms with Crippen LogP contribution in [-0.2, 0) is 38.4 Å². The van der Waals surface area contributed by atoms with E-state index in [1.54, 1.807) is 0 Å². The van der Waals surface area contributed by atoms with Crippen LogP contribution in [-0.4, -0.2) is 46.3 Å². The Morgan fingerprint density at radius 2 is 0.259 bits per heavy atom. The zero-order chi connectivity index (χ0) is 77.7. The quantitative estimate of drug-likeness (QED) is 0.0808. The molecule has 4 aliphatic carbocycles. The summed E-state index contributed by atoms with van der Waals surface area (Å²) < 4.78 is 5.72. The molecule has 0 aromatic heterocycles. The first-order chi connectivity index (χ1) is 51.7. The van der Waals surface area contributed by atoms with Crippen LogP contribution in [0, 0.1) is 0 Å². The van der Waals surface area contributed by atoms with Crippen molar-refractivity contribution in [3.63, 3.8) is 0 Å². The van der Waals surface area contributed by atoms with Gasteiger partial charge in [-0.1, -0.05) is 425 Å². The van der Waals surface area contributed by atoms with Crippen LogP contribution >= 0.6 is 280 Å². The lowest BCUT2D eigenvalue weighted by Gasteiger charge is -2.13. The van der Waals surface area contributed by atoms with Crippen LogP contribution in [0.15, 0.2) is 286 Å². The molecule has 32 heteroatoms. The van der Waals surface area contributed by atoms with E-state index in [0.29, 0.717) is 0 Å². The van der Waals surface area contributed by atoms with Crippen molar-refractivity contribution in [1.29, 1.82) is 0 Å². The van der Waals surface area contributed by atoms with Gasteiger partial charge in [-0.3, -0.25) is 38.4 Å². The third-order valence-corrected chi connectivity index (χ3v) is 31.6. The van der Waals surface area contributed by atoms with E-state index in [9.17, 15) is 38.4 Å². The van der Waals surface area contributed by atoms with Gasteiger partial charge in [-0.05, 0) is 129 Å². The average Bonchev–Trinajstić information content (AvgIpc) is 0.791. The molecule has 0 saturated carbocycles. The summed E-state index contributed by atoms with van der Waals surface area (Å²) in [5.74, 6) is -5.83. The topological polar surface area (TPSA) is 137 Å². The molecular weight excluding hydrogens is 1860 g/mol. The Morgan fingerprint density at radius 3 is 0.361 bits per heavy atom. The van der Waals surface area contributed by atoms with Crippen molar-refractivity contribution in [2.45, 2.75) is 0 Å². The molecule has 8 aliphatic rings. The van der Waals surface area contributed by atoms with Crippen LogP contribution in [0.25, 0.3) is 86.2 Å². The van der Waals surface area contributed by atoms with Gasteiger partial charge in [0.15, 0.2) is 0 Å². The molecule has 10 aromatic carbocycles. The highest BCUT2D eigenvalue weighted by molar-refractivity contribution is 8.34. The van der Waals surface area contributed by atoms with E-state index in [1.165, 1.54) is 103 Å². The molecule has 0 atom stereocenters. The molecule has 0 fully saturated rings. The predicted octanol–water partition coefficient (Wildman–Crippen LogP) is 29.6. The number of hydrogen-bond donors (Lipinski definition) is 0. The SMILES string of the molecule is C1=CSC(=C2SC=CS2)S1.C1=CSC(=C2SC=CS2)S1.O=C1C(Cl)=C(Cl)C(=O)C(Cl)=C1Cl.O=C1C(Cl)=C(Cl)C(=O)C(Cl)=C1Cl.O=C1C(Cl)=C(Cl)C(=O)C(Cl)=C1Cl.O=C1C(Cl)=C(Cl)C(=O)C(Cl)=C1Cl.c1cc2cccc3c4cccc5cccc(c(c1)c23)c54.c1cc2cccc3c4cccc5cccc(c(c1)c23)c54. The Balaban J connectivity index is 0.000000125. The summed E-state index contributed by atoms with van der Waals surface area (Å²) in [4.78, 5) is 87.9. The molecule has 0 saturated heterocycles. The first-order valence-corrected chi connectivity index (χ1v) is 43.0. The molecule has 0 radical (unpaired) electrons. The van der Waals surface area contributed by atoms with E-state index in [0.717, 1.165) is 0 Å². The van der Waals surface area contributed by atoms with Gasteiger partial charge in [0.05, 0.1) is 16.9 Å². The highest BCUT2D eigenvalue weighted by Crippen LogP contribution is 2.52. The molecular formula is C76H32Cl16O8S8. The minimum absolute atomic E-state index is 0.393. The van der Waals surface area contributed by atoms with Gasteiger partial charge in [-0.2, -0.15) is 0 Å². The van der Waals surface area contributed by atoms with Gasteiger partial charge in [-0.15, -0.1) is 0 Å². The number of allylic oxidation sites excluding steroid dienone is 16. The Morgan fingerprint density at radius 1 is 0.157 bits per heavy atom. The van der Waals surface area contributed by atoms with Crippen molar-refractivity contribution in [3.05, 3.63) is 286 Å². The predicted molar refractivity (Wildman–Crippen MR) is 477 cm³/mol. The van der Waals surface area contributed by atoms with Crippen molar-refractivity contribution in [2.75, 3.05) is 0 Å². The van der Waals surface area contributed by atoms with Crippen molar-refractivity contribution < 1.29 is 38.4 Å². The fourth-order valence-corrected chi connectivity index (χ4v) is 22.1. The minimum atomic E-state index is -0.729. The van der Waals surface area contributed by atoms with Gasteiger partial charge >= 0.3 is 0 Å². The van der Waals surface area contributed by atoms with Crippen molar-refractivity contribution >= 4 is 412 Å². The van der Waals surface area contributed by atoms with Gasteiger partial charge in [0.1, 0.15) is 80.5 Å². The highest BCUT2D eigenvalue weighted by atomic mass is 35.5. The third kappa shape index (κ3) is 18.0. The molecule has 108 heavy (non-hydrogen) atoms. The lowest BCUT2D eigenvalue weighted by molar-refractivity contribution is -0.114. The number of carbonyl (C=O) groups excluding carboxylic acids is 8. The summed E-state index contributed by atoms with van der Waals surface area (Å²) in [6, 6.07) is 52.9. The normalized spacial score (nSPS) is 17.3. The maximum Gasteiger partial charge on any atom is 0.219 e. The largest absolute Gasteiger partial charge is 0.286 e. The minimum Gasteiger partial charge on any atom is -0.286 e. The fourth-order valence-electron chi connectivity index (χ4n) is 10.7. The Hall–Kier alpha value is -4.04. The molecule has 0 N–H and O–H groups in total. The van der Waals surface area contributed by atoms with E-state index in [1.807, 2.05) is 94.1 Å². The Bertz CT molecular complexity index is 4910. The first kappa shape index (κ1) is 84.9. The van der Waals surface area contributed by atoms with Gasteiger partial charge in [0.25, 0.3) is 0 Å². The highest BCUT2D eigenvalue weighted by Gasteiger charge is 2.35. The maximum atomic E-state index is 11.0. The van der Waals surface area contributed by atoms with Crippen molar-refractivity contribution in [3.8, 4) is 0 Å². The summed E-state index contributed by atoms with van der Waals surface area (Å²) >= 11 is 101. The van der Waals surface area contributed by atoms with E-state index < -0.39 is 127 Å². The van der Waals surface area contributed by atoms with Crippen LogP contribution in [0.1, 0.15) is 0 Å². The molecule has 4 heterocycles. The number of rotatable bonds is 0. The molecule has 18 rings (SSSR count). The van der Waals surface area contributed by atoms with Crippen LogP contribution in [0.4, 0.5) is 0 Å². The number of ketones is 8. The summed E-state index contributed by atoms with van der Waals surface area (Å²) in [6.45, 7) is 0. The van der Waals surface area contributed by atoms with Crippen LogP contribution in [0.3, 0.4) is 0 Å². The summed E-state index contributed by atoms with van der Waals surface area (Å²) in [7, 11) is 0. The molecule has 0 unspecified atom stereocenters. The van der Waals surface area contributed by atoms with Gasteiger partial charge in [0, 0.05) is 0 Å². The third-order valence-electron chi connectivity index (χ3n) is 15.5. The van der Waals surface area contributed by atoms with Gasteiger partial charge < -0.3 is 0 Å². The van der Waals surface area contributed by atoms with Gasteiger partial charge in [-0.25, -0.2) is 0 Å². The zero-order valence-corrected chi connectivity index (χ0v) is 71.7. The number of benzene rings is 10. The molecule has 544 valence electrons. The number of carbonyl (C=O) groups is 8. The number of fused-ring (bicyclic) bond motifs is 4.